The lowest BCUT2D eigenvalue weighted by Gasteiger charge is -1.95. The average molecular weight is 865 g/mol. The van der Waals surface area contributed by atoms with Crippen molar-refractivity contribution in [1.29, 1.82) is 5.26 Å². The Bertz CT molecular complexity index is 2080. The number of aromatic nitrogens is 10. The van der Waals surface area contributed by atoms with Crippen molar-refractivity contribution >= 4 is 63.7 Å². The van der Waals surface area contributed by atoms with Crippen LogP contribution in [0.25, 0.3) is 32.1 Å². The van der Waals surface area contributed by atoms with Gasteiger partial charge in [-0.15, -0.1) is 45.3 Å². The number of hydrogen-bond acceptors (Lipinski definition) is 17. The van der Waals surface area contributed by atoms with Gasteiger partial charge in [0.2, 0.25) is 5.78 Å². The number of hydrogen-bond donors (Lipinski definition) is 5. The molecule has 0 saturated carbocycles. The normalized spacial score (nSPS) is 9.36. The van der Waals surface area contributed by atoms with Crippen LogP contribution < -0.4 is 6.15 Å². The first-order valence-corrected chi connectivity index (χ1v) is 17.3. The molecule has 0 saturated heterocycles. The molecule has 26 heteroatoms. The van der Waals surface area contributed by atoms with Crippen molar-refractivity contribution in [2.24, 2.45) is 0 Å². The number of rotatable bonds is 6. The van der Waals surface area contributed by atoms with Crippen LogP contribution in [0.1, 0.15) is 52.3 Å². The number of alkyl halides is 5. The first-order chi connectivity index (χ1) is 25.4. The topological polar surface area (TPSA) is 299 Å². The third-order valence-corrected chi connectivity index (χ3v) is 8.25. The predicted molar refractivity (Wildman–Crippen MR) is 202 cm³/mol. The third-order valence-electron chi connectivity index (χ3n) is 5.21. The van der Waals surface area contributed by atoms with Gasteiger partial charge in [-0.2, -0.15) is 18.4 Å². The molecular weight excluding hydrogens is 832 g/mol. The minimum Gasteiger partial charge on any atom is -0.412 e. The van der Waals surface area contributed by atoms with E-state index < -0.39 is 18.4 Å². The van der Waals surface area contributed by atoms with Gasteiger partial charge in [0.15, 0.2) is 12.6 Å². The van der Waals surface area contributed by atoms with Gasteiger partial charge in [-0.05, 0) is 0 Å². The Kier molecular flexibility index (Phi) is 25.9. The Hall–Kier alpha value is -5.82. The number of nitrogens with zero attached hydrogens (tertiary/aromatic N) is 8. The van der Waals surface area contributed by atoms with Gasteiger partial charge in [-0.3, -0.25) is 34.3 Å². The Morgan fingerprint density at radius 3 is 1.48 bits per heavy atom. The van der Waals surface area contributed by atoms with E-state index in [-0.39, 0.29) is 24.7 Å². The summed E-state index contributed by atoms with van der Waals surface area (Å²) in [5, 5.41) is 15.5. The maximum Gasteiger partial charge on any atom is 0.449 e. The van der Waals surface area contributed by atoms with E-state index in [9.17, 15) is 36.3 Å². The fourth-order valence-corrected chi connectivity index (χ4v) is 5.01. The number of imidazole rings is 3. The molecule has 0 aliphatic rings. The van der Waals surface area contributed by atoms with Crippen LogP contribution in [0, 0.1) is 11.3 Å². The van der Waals surface area contributed by atoms with Crippen LogP contribution in [0.5, 0.6) is 0 Å². The second kappa shape index (κ2) is 27.7. The Balaban J connectivity index is 0. The zero-order chi connectivity index (χ0) is 39.2. The van der Waals surface area contributed by atoms with Gasteiger partial charge in [-0.1, -0.05) is 7.43 Å². The van der Waals surface area contributed by atoms with Crippen LogP contribution in [-0.2, 0) is 4.79 Å². The molecule has 7 aromatic rings. The van der Waals surface area contributed by atoms with Crippen molar-refractivity contribution in [2.75, 3.05) is 7.11 Å². The van der Waals surface area contributed by atoms with Crippen molar-refractivity contribution in [3.8, 4) is 38.2 Å². The van der Waals surface area contributed by atoms with Crippen molar-refractivity contribution in [1.82, 2.24) is 56.0 Å². The minimum absolute atomic E-state index is 0. The number of halogens is 5. The van der Waals surface area contributed by atoms with Gasteiger partial charge in [0.1, 0.15) is 34.9 Å². The second-order valence-corrected chi connectivity index (χ2v) is 12.3. The van der Waals surface area contributed by atoms with Crippen molar-refractivity contribution < 1.29 is 46.9 Å². The average Bonchev–Trinajstić information content (AvgIpc) is 4.03. The van der Waals surface area contributed by atoms with Gasteiger partial charge in [0, 0.05) is 38.8 Å². The molecule has 7 aromatic heterocycles. The van der Waals surface area contributed by atoms with E-state index in [1.54, 1.807) is 40.6 Å². The molecule has 0 spiro atoms. The number of aliphatic hydroxyl groups excluding tert-OH is 1. The van der Waals surface area contributed by atoms with Crippen LogP contribution >= 0.6 is 45.3 Å². The molecule has 7 heterocycles. The zero-order valence-corrected chi connectivity index (χ0v) is 31.3. The van der Waals surface area contributed by atoms with Crippen molar-refractivity contribution in [3.63, 3.8) is 0 Å². The summed E-state index contributed by atoms with van der Waals surface area (Å²) >= 11 is 5.66. The molecule has 0 aliphatic carbocycles. The molecule has 0 atom stereocenters. The molecule has 9 N–H and O–H groups in total. The molecule has 0 radical (unpaired) electrons. The van der Waals surface area contributed by atoms with E-state index >= 15 is 0 Å². The number of aliphatic hydroxyl groups is 1. The summed E-state index contributed by atoms with van der Waals surface area (Å²) in [6.07, 6.45) is 5.07. The smallest absolute Gasteiger partial charge is 0.412 e. The number of aldehydes is 2. The minimum atomic E-state index is -4.64. The molecule has 17 nitrogen and oxygen atoms in total. The van der Waals surface area contributed by atoms with E-state index in [0.717, 1.165) is 40.5 Å². The maximum atomic E-state index is 12.1. The zero-order valence-electron chi connectivity index (χ0n) is 28.1. The molecule has 0 bridgehead atoms. The van der Waals surface area contributed by atoms with Crippen LogP contribution in [-0.4, -0.2) is 92.1 Å². The van der Waals surface area contributed by atoms with Gasteiger partial charge in [0.05, 0.1) is 65.8 Å². The lowest BCUT2D eigenvalue weighted by atomic mass is 10.5. The number of carbonyl (C=O) groups excluding carboxylic acids is 3. The van der Waals surface area contributed by atoms with E-state index in [1.807, 2.05) is 6.07 Å². The molecule has 0 aromatic carbocycles. The summed E-state index contributed by atoms with van der Waals surface area (Å²) < 4.78 is 56.8. The number of nitrogens with one attached hydrogen (secondary N) is 3. The van der Waals surface area contributed by atoms with Gasteiger partial charge < -0.3 is 31.7 Å². The standard InChI is InChI=1S/C7H5F2N3S.C7H4N4S.C7H5N3OS.C4H3NOS.C3H3F3O.CH4O.CH4.H3N.H2O/c8-6(9)4-1-11-7(12-4)5-2-10-3-13-5;8-1-5-2-10-7(11-5)6-3-9-4-12-6;11-3-5-1-9-7(10-5)6-2-8-4-12-6;6-2-4-1-5-3-7-4;1-2(7)3(4,5)6;1-2;;;/h1-3,6H,(H,11,12);2-4H,(H,10,11);1-4H,(H,9,10);1-3H;1H3;2H,1H3;1H4;1H3;1H2. The molecule has 56 heavy (non-hydrogen) atoms. The highest BCUT2D eigenvalue weighted by Gasteiger charge is 2.33. The number of Topliss-reactive ketones (excluding diaryl/α,β-unsaturated/α-hetero) is 1. The van der Waals surface area contributed by atoms with E-state index in [2.05, 4.69) is 49.8 Å². The quantitative estimate of drug-likeness (QED) is 0.0841. The SMILES string of the molecule is C.CC(=O)C(F)(F)F.CO.FC(F)c1cnc(-c2cncs2)[nH]1.N.N#Cc1cnc(-c2cncs2)[nH]1.O.O=Cc1cnc(-c2cncs2)[nH]1.O=Cc1cncs1. The van der Waals surface area contributed by atoms with Crippen molar-refractivity contribution in [3.05, 3.63) is 87.4 Å². The molecule has 0 amide bonds. The first kappa shape index (κ1) is 52.3. The van der Waals surface area contributed by atoms with Crippen LogP contribution in [0.4, 0.5) is 22.0 Å². The summed E-state index contributed by atoms with van der Waals surface area (Å²) in [6, 6.07) is 1.98. The first-order valence-electron chi connectivity index (χ1n) is 13.8. The van der Waals surface area contributed by atoms with Crippen molar-refractivity contribution in [2.45, 2.75) is 27.0 Å². The Labute approximate surface area is 330 Å². The molecular formula is C30H33F5N12O5S4. The predicted octanol–water partition coefficient (Wildman–Crippen LogP) is 6.90. The molecule has 0 fully saturated rings. The summed E-state index contributed by atoms with van der Waals surface area (Å²) in [5.41, 5.74) is 7.49. The summed E-state index contributed by atoms with van der Waals surface area (Å²) in [7, 11) is 1.00. The largest absolute Gasteiger partial charge is 0.449 e. The fourth-order valence-electron chi connectivity index (χ4n) is 2.88. The molecule has 0 aliphatic heterocycles. The van der Waals surface area contributed by atoms with Gasteiger partial charge >= 0.3 is 6.18 Å². The monoisotopic (exact) mass is 864 g/mol. The summed E-state index contributed by atoms with van der Waals surface area (Å²) in [4.78, 5) is 68.2. The lowest BCUT2D eigenvalue weighted by Crippen LogP contribution is -2.18. The summed E-state index contributed by atoms with van der Waals surface area (Å²) in [6.45, 7) is 0.486. The van der Waals surface area contributed by atoms with Crippen LogP contribution in [0.3, 0.4) is 0 Å². The van der Waals surface area contributed by atoms with E-state index in [4.69, 9.17) is 10.4 Å². The van der Waals surface area contributed by atoms with E-state index in [1.165, 1.54) is 63.9 Å². The molecule has 0 unspecified atom stereocenters. The summed E-state index contributed by atoms with van der Waals surface area (Å²) in [5.74, 6) is 0.0824. The highest BCUT2D eigenvalue weighted by Crippen LogP contribution is 2.24. The highest BCUT2D eigenvalue weighted by molar-refractivity contribution is 7.13. The number of carbonyl (C=O) groups is 3. The lowest BCUT2D eigenvalue weighted by molar-refractivity contribution is -0.168. The Morgan fingerprint density at radius 2 is 1.18 bits per heavy atom. The highest BCUT2D eigenvalue weighted by atomic mass is 32.1. The Morgan fingerprint density at radius 1 is 0.750 bits per heavy atom. The molecule has 302 valence electrons. The van der Waals surface area contributed by atoms with Crippen LogP contribution in [0.2, 0.25) is 0 Å². The number of ketones is 1. The number of nitriles is 1. The van der Waals surface area contributed by atoms with Crippen LogP contribution in [0.15, 0.2) is 65.4 Å². The number of H-pyrrole nitrogens is 3. The van der Waals surface area contributed by atoms with Gasteiger partial charge in [0.25, 0.3) is 6.43 Å². The second-order valence-electron chi connectivity index (χ2n) is 8.72. The van der Waals surface area contributed by atoms with Gasteiger partial charge in [-0.25, -0.2) is 23.7 Å². The maximum absolute atomic E-state index is 12.1. The van der Waals surface area contributed by atoms with E-state index in [0.29, 0.717) is 40.7 Å². The fraction of sp³-hybridized carbons (Fsp3) is 0.167. The third kappa shape index (κ3) is 18.0. The molecule has 7 rings (SSSR count). The number of thiazole rings is 4. The number of aromatic amines is 3.